The summed E-state index contributed by atoms with van der Waals surface area (Å²) in [5.41, 5.74) is 6.40. The summed E-state index contributed by atoms with van der Waals surface area (Å²) in [6.07, 6.45) is 0.342. The molecule has 0 unspecified atom stereocenters. The van der Waals surface area contributed by atoms with Crippen molar-refractivity contribution in [3.63, 3.8) is 0 Å². The fraction of sp³-hybridized carbons (Fsp3) is 0.273. The second kappa shape index (κ2) is 6.58. The molecule has 0 amide bonds. The zero-order valence-corrected chi connectivity index (χ0v) is 11.3. The molecule has 1 atom stereocenters. The standard InChI is InChI=1S/C11H13ClN2O3.ClH/c1-6(2)5-8(13)10-9(14(16)17)4-3-7(12)11(10)15;/h3-4,8,15H,1,5,13H2,2H3;1H/t8-;/m1./s1. The van der Waals surface area contributed by atoms with Gasteiger partial charge in [0.1, 0.15) is 5.75 Å². The first kappa shape index (κ1) is 16.7. The highest BCUT2D eigenvalue weighted by Crippen LogP contribution is 2.39. The maximum absolute atomic E-state index is 10.8. The van der Waals surface area contributed by atoms with Crippen LogP contribution in [0.1, 0.15) is 24.9 Å². The van der Waals surface area contributed by atoms with Crippen LogP contribution in [0.4, 0.5) is 5.69 Å². The van der Waals surface area contributed by atoms with Gasteiger partial charge in [-0.05, 0) is 19.4 Å². The Balaban J connectivity index is 0.00000289. The van der Waals surface area contributed by atoms with E-state index in [1.165, 1.54) is 12.1 Å². The van der Waals surface area contributed by atoms with E-state index in [1.54, 1.807) is 6.92 Å². The molecule has 0 aliphatic rings. The number of benzene rings is 1. The zero-order chi connectivity index (χ0) is 13.2. The van der Waals surface area contributed by atoms with E-state index in [9.17, 15) is 15.2 Å². The second-order valence-electron chi connectivity index (χ2n) is 3.85. The van der Waals surface area contributed by atoms with Crippen LogP contribution in [0.2, 0.25) is 5.02 Å². The van der Waals surface area contributed by atoms with Crippen molar-refractivity contribution in [2.45, 2.75) is 19.4 Å². The number of nitrogens with two attached hydrogens (primary N) is 1. The third-order valence-electron chi connectivity index (χ3n) is 2.28. The van der Waals surface area contributed by atoms with Gasteiger partial charge in [0.2, 0.25) is 0 Å². The van der Waals surface area contributed by atoms with Crippen molar-refractivity contribution in [1.29, 1.82) is 0 Å². The normalized spacial score (nSPS) is 11.5. The van der Waals surface area contributed by atoms with Crippen molar-refractivity contribution < 1.29 is 10.0 Å². The average Bonchev–Trinajstić information content (AvgIpc) is 2.20. The van der Waals surface area contributed by atoms with E-state index in [2.05, 4.69) is 6.58 Å². The lowest BCUT2D eigenvalue weighted by Crippen LogP contribution is -2.13. The molecule has 1 aromatic rings. The molecule has 0 aromatic heterocycles. The SMILES string of the molecule is C=C(C)C[C@@H](N)c1c([N+](=O)[O-])ccc(Cl)c1O.Cl. The third-order valence-corrected chi connectivity index (χ3v) is 2.59. The van der Waals surface area contributed by atoms with Crippen LogP contribution in [0, 0.1) is 10.1 Å². The van der Waals surface area contributed by atoms with Gasteiger partial charge in [0.15, 0.2) is 0 Å². The molecule has 0 fully saturated rings. The number of hydrogen-bond acceptors (Lipinski definition) is 4. The molecule has 5 nitrogen and oxygen atoms in total. The number of phenolic OH excluding ortho intramolecular Hbond substituents is 1. The molecule has 1 aromatic carbocycles. The van der Waals surface area contributed by atoms with E-state index in [0.29, 0.717) is 6.42 Å². The molecule has 0 bridgehead atoms. The van der Waals surface area contributed by atoms with E-state index in [-0.39, 0.29) is 34.4 Å². The summed E-state index contributed by atoms with van der Waals surface area (Å²) >= 11 is 5.72. The van der Waals surface area contributed by atoms with Gasteiger partial charge in [0.05, 0.1) is 15.5 Å². The summed E-state index contributed by atoms with van der Waals surface area (Å²) < 4.78 is 0. The molecule has 3 N–H and O–H groups in total. The summed E-state index contributed by atoms with van der Waals surface area (Å²) in [6, 6.07) is 1.80. The molecule has 0 saturated carbocycles. The summed E-state index contributed by atoms with van der Waals surface area (Å²) in [5.74, 6) is -0.338. The number of nitrogens with zero attached hydrogens (tertiary/aromatic N) is 1. The first-order valence-corrected chi connectivity index (χ1v) is 5.28. The molecular formula is C11H14Cl2N2O3. The Morgan fingerprint density at radius 1 is 1.67 bits per heavy atom. The van der Waals surface area contributed by atoms with Crippen molar-refractivity contribution in [2.75, 3.05) is 0 Å². The van der Waals surface area contributed by atoms with Crippen LogP contribution >= 0.6 is 24.0 Å². The van der Waals surface area contributed by atoms with Crippen LogP contribution in [0.25, 0.3) is 0 Å². The maximum Gasteiger partial charge on any atom is 0.278 e. The first-order valence-electron chi connectivity index (χ1n) is 4.90. The smallest absolute Gasteiger partial charge is 0.278 e. The fourth-order valence-corrected chi connectivity index (χ4v) is 1.74. The highest BCUT2D eigenvalue weighted by molar-refractivity contribution is 6.32. The van der Waals surface area contributed by atoms with Gasteiger partial charge in [-0.3, -0.25) is 10.1 Å². The number of rotatable bonds is 4. The molecule has 0 heterocycles. The minimum atomic E-state index is -0.702. The number of nitro benzene ring substituents is 1. The van der Waals surface area contributed by atoms with Gasteiger partial charge in [-0.1, -0.05) is 17.2 Å². The van der Waals surface area contributed by atoms with Crippen LogP contribution < -0.4 is 5.73 Å². The number of halogens is 2. The van der Waals surface area contributed by atoms with E-state index in [4.69, 9.17) is 17.3 Å². The number of phenols is 1. The third kappa shape index (κ3) is 3.60. The van der Waals surface area contributed by atoms with E-state index < -0.39 is 11.0 Å². The second-order valence-corrected chi connectivity index (χ2v) is 4.26. The van der Waals surface area contributed by atoms with E-state index in [0.717, 1.165) is 5.57 Å². The van der Waals surface area contributed by atoms with Crippen molar-refractivity contribution in [3.8, 4) is 5.75 Å². The molecule has 0 spiro atoms. The van der Waals surface area contributed by atoms with Gasteiger partial charge in [0, 0.05) is 12.1 Å². The first-order chi connectivity index (χ1) is 7.84. The van der Waals surface area contributed by atoms with E-state index in [1.807, 2.05) is 0 Å². The minimum Gasteiger partial charge on any atom is -0.506 e. The predicted molar refractivity (Wildman–Crippen MR) is 73.4 cm³/mol. The molecule has 0 aliphatic heterocycles. The largest absolute Gasteiger partial charge is 0.506 e. The molecule has 18 heavy (non-hydrogen) atoms. The number of nitro groups is 1. The summed E-state index contributed by atoms with van der Waals surface area (Å²) in [7, 11) is 0. The molecule has 1 rings (SSSR count). The molecule has 0 saturated heterocycles. The van der Waals surface area contributed by atoms with Crippen LogP contribution in [-0.4, -0.2) is 10.0 Å². The zero-order valence-electron chi connectivity index (χ0n) is 9.72. The Morgan fingerprint density at radius 2 is 2.22 bits per heavy atom. The van der Waals surface area contributed by atoms with Gasteiger partial charge in [-0.15, -0.1) is 19.0 Å². The average molecular weight is 293 g/mol. The molecule has 7 heteroatoms. The Bertz CT molecular complexity index is 478. The highest BCUT2D eigenvalue weighted by atomic mass is 35.5. The van der Waals surface area contributed by atoms with Crippen molar-refractivity contribution in [3.05, 3.63) is 45.0 Å². The molecular weight excluding hydrogens is 279 g/mol. The van der Waals surface area contributed by atoms with Gasteiger partial charge in [-0.25, -0.2) is 0 Å². The van der Waals surface area contributed by atoms with Gasteiger partial charge < -0.3 is 10.8 Å². The van der Waals surface area contributed by atoms with Crippen LogP contribution in [0.3, 0.4) is 0 Å². The van der Waals surface area contributed by atoms with Crippen LogP contribution in [0.15, 0.2) is 24.3 Å². The van der Waals surface area contributed by atoms with E-state index >= 15 is 0 Å². The monoisotopic (exact) mass is 292 g/mol. The van der Waals surface area contributed by atoms with Gasteiger partial charge in [-0.2, -0.15) is 0 Å². The fourth-order valence-electron chi connectivity index (χ4n) is 1.57. The predicted octanol–water partition coefficient (Wildman–Crippen LogP) is 3.34. The summed E-state index contributed by atoms with van der Waals surface area (Å²) in [5, 5.41) is 20.7. The van der Waals surface area contributed by atoms with Crippen LogP contribution in [-0.2, 0) is 0 Å². The Morgan fingerprint density at radius 3 is 2.67 bits per heavy atom. The Hall–Kier alpha value is -1.30. The van der Waals surface area contributed by atoms with Gasteiger partial charge in [0.25, 0.3) is 5.69 Å². The minimum absolute atomic E-state index is 0. The van der Waals surface area contributed by atoms with Crippen molar-refractivity contribution in [2.24, 2.45) is 5.73 Å². The molecule has 100 valence electrons. The summed E-state index contributed by atoms with van der Waals surface area (Å²) in [6.45, 7) is 5.44. The van der Waals surface area contributed by atoms with Crippen molar-refractivity contribution >= 4 is 29.7 Å². The number of aromatic hydroxyl groups is 1. The Kier molecular flexibility index (Phi) is 6.11. The van der Waals surface area contributed by atoms with Crippen molar-refractivity contribution in [1.82, 2.24) is 0 Å². The van der Waals surface area contributed by atoms with Gasteiger partial charge >= 0.3 is 0 Å². The maximum atomic E-state index is 10.8. The lowest BCUT2D eigenvalue weighted by molar-refractivity contribution is -0.385. The Labute approximate surface area is 116 Å². The molecule has 0 radical (unpaired) electrons. The quantitative estimate of drug-likeness (QED) is 0.506. The number of hydrogen-bond donors (Lipinski definition) is 2. The highest BCUT2D eigenvalue weighted by Gasteiger charge is 2.25. The lowest BCUT2D eigenvalue weighted by Gasteiger charge is -2.14. The lowest BCUT2D eigenvalue weighted by atomic mass is 9.98. The molecule has 0 aliphatic carbocycles. The topological polar surface area (TPSA) is 89.4 Å². The van der Waals surface area contributed by atoms with Crippen LogP contribution in [0.5, 0.6) is 5.75 Å². The summed E-state index contributed by atoms with van der Waals surface area (Å²) in [4.78, 5) is 10.3.